The molecule has 2 aliphatic rings. The number of fused-ring (bicyclic) bond motifs is 1. The first-order chi connectivity index (χ1) is 16.3. The minimum atomic E-state index is -0.928. The quantitative estimate of drug-likeness (QED) is 0.691. The van der Waals surface area contributed by atoms with Crippen LogP contribution in [0.2, 0.25) is 0 Å². The van der Waals surface area contributed by atoms with Crippen LogP contribution in [0.1, 0.15) is 54.3 Å². The van der Waals surface area contributed by atoms with Crippen molar-refractivity contribution in [1.82, 2.24) is 20.5 Å². The lowest BCUT2D eigenvalue weighted by atomic mass is 9.85. The van der Waals surface area contributed by atoms with E-state index in [0.29, 0.717) is 17.7 Å². The highest BCUT2D eigenvalue weighted by molar-refractivity contribution is 6.00. The second kappa shape index (κ2) is 9.57. The molecule has 0 unspecified atom stereocenters. The molecular weight excluding hydrogens is 428 g/mol. The third-order valence-corrected chi connectivity index (χ3v) is 7.58. The molecular formula is C27H34N4O3. The lowest BCUT2D eigenvalue weighted by Crippen LogP contribution is -2.68. The van der Waals surface area contributed by atoms with Crippen molar-refractivity contribution in [1.29, 1.82) is 0 Å². The van der Waals surface area contributed by atoms with E-state index >= 15 is 0 Å². The van der Waals surface area contributed by atoms with Crippen LogP contribution in [0, 0.1) is 25.7 Å². The molecule has 2 aromatic rings. The molecule has 0 radical (unpaired) electrons. The van der Waals surface area contributed by atoms with Crippen LogP contribution in [-0.4, -0.2) is 46.7 Å². The summed E-state index contributed by atoms with van der Waals surface area (Å²) in [6.07, 6.45) is 3.85. The maximum Gasteiger partial charge on any atom is 0.247 e. The minimum Gasteiger partial charge on any atom is -0.357 e. The van der Waals surface area contributed by atoms with Crippen LogP contribution in [0.4, 0.5) is 0 Å². The average molecular weight is 463 g/mol. The Balaban J connectivity index is 1.80. The normalized spacial score (nSPS) is 22.2. The number of aromatic nitrogens is 1. The van der Waals surface area contributed by atoms with Gasteiger partial charge in [-0.25, -0.2) is 0 Å². The van der Waals surface area contributed by atoms with E-state index in [1.54, 1.807) is 18.1 Å². The number of nitrogens with one attached hydrogen (secondary N) is 2. The molecule has 0 bridgehead atoms. The van der Waals surface area contributed by atoms with Crippen LogP contribution in [0.15, 0.2) is 36.5 Å². The number of rotatable bonds is 6. The summed E-state index contributed by atoms with van der Waals surface area (Å²) >= 11 is 0. The fraction of sp³-hybridized carbons (Fsp3) is 0.481. The smallest absolute Gasteiger partial charge is 0.247 e. The van der Waals surface area contributed by atoms with Crippen molar-refractivity contribution in [2.75, 3.05) is 7.05 Å². The molecule has 1 fully saturated rings. The molecule has 0 spiro atoms. The molecule has 1 saturated heterocycles. The third-order valence-electron chi connectivity index (χ3n) is 7.58. The Hall–Kier alpha value is -3.22. The number of nitrogens with zero attached hydrogens (tertiary/aromatic N) is 2. The summed E-state index contributed by atoms with van der Waals surface area (Å²) in [6, 6.07) is 7.67. The van der Waals surface area contributed by atoms with Crippen molar-refractivity contribution in [3.05, 3.63) is 64.5 Å². The standard InChI is InChI=1S/C27H34N4O3/c1-6-15(2)23-26(33)30-22(20-13-18-9-7-8-10-19(18)14-20)27(34)31(23)24(25(32)28-5)21-16(3)11-12-29-17(21)4/h7-12,15,20,22-24H,6,13-14H2,1-5H3,(H,28,32)(H,30,33)/t15-,22+,23+,24+/m0/s1. The molecule has 3 amide bonds. The van der Waals surface area contributed by atoms with E-state index in [0.717, 1.165) is 18.4 Å². The van der Waals surface area contributed by atoms with E-state index in [2.05, 4.69) is 27.8 Å². The van der Waals surface area contributed by atoms with Gasteiger partial charge in [0.1, 0.15) is 18.1 Å². The molecule has 4 atom stereocenters. The van der Waals surface area contributed by atoms with Gasteiger partial charge in [-0.05, 0) is 61.3 Å². The van der Waals surface area contributed by atoms with Gasteiger partial charge < -0.3 is 15.5 Å². The molecule has 1 aliphatic carbocycles. The minimum absolute atomic E-state index is 0.0457. The van der Waals surface area contributed by atoms with Gasteiger partial charge >= 0.3 is 0 Å². The van der Waals surface area contributed by atoms with Crippen LogP contribution in [-0.2, 0) is 27.2 Å². The Bertz CT molecular complexity index is 1070. The molecule has 7 nitrogen and oxygen atoms in total. The fourth-order valence-electron chi connectivity index (χ4n) is 5.57. The van der Waals surface area contributed by atoms with Crippen LogP contribution in [0.25, 0.3) is 0 Å². The summed E-state index contributed by atoms with van der Waals surface area (Å²) in [5, 5.41) is 5.79. The van der Waals surface area contributed by atoms with Gasteiger partial charge in [-0.2, -0.15) is 0 Å². The summed E-state index contributed by atoms with van der Waals surface area (Å²) < 4.78 is 0. The van der Waals surface area contributed by atoms with Gasteiger partial charge in [0.05, 0.1) is 0 Å². The molecule has 1 aromatic heterocycles. The molecule has 4 rings (SSSR count). The van der Waals surface area contributed by atoms with E-state index in [1.807, 2.05) is 45.9 Å². The van der Waals surface area contributed by atoms with Crippen molar-refractivity contribution >= 4 is 17.7 Å². The highest BCUT2D eigenvalue weighted by atomic mass is 16.2. The molecule has 1 aromatic carbocycles. The third kappa shape index (κ3) is 4.08. The molecule has 0 saturated carbocycles. The van der Waals surface area contributed by atoms with Gasteiger partial charge in [0.2, 0.25) is 17.7 Å². The van der Waals surface area contributed by atoms with Gasteiger partial charge in [-0.15, -0.1) is 0 Å². The number of hydrogen-bond acceptors (Lipinski definition) is 4. The average Bonchev–Trinajstić information content (AvgIpc) is 3.26. The van der Waals surface area contributed by atoms with Crippen molar-refractivity contribution in [3.8, 4) is 0 Å². The van der Waals surface area contributed by atoms with Crippen molar-refractivity contribution in [3.63, 3.8) is 0 Å². The first-order valence-electron chi connectivity index (χ1n) is 12.1. The Kier molecular flexibility index (Phi) is 6.73. The number of aryl methyl sites for hydroxylation is 2. The first-order valence-corrected chi connectivity index (χ1v) is 12.1. The van der Waals surface area contributed by atoms with Crippen LogP contribution in [0.3, 0.4) is 0 Å². The zero-order valence-corrected chi connectivity index (χ0v) is 20.6. The molecule has 180 valence electrons. The molecule has 1 aliphatic heterocycles. The zero-order valence-electron chi connectivity index (χ0n) is 20.6. The monoisotopic (exact) mass is 462 g/mol. The van der Waals surface area contributed by atoms with Crippen LogP contribution in [0.5, 0.6) is 0 Å². The number of amides is 3. The number of benzene rings is 1. The van der Waals surface area contributed by atoms with Gasteiger partial charge in [0.25, 0.3) is 0 Å². The number of carbonyl (C=O) groups excluding carboxylic acids is 3. The van der Waals surface area contributed by atoms with Crippen molar-refractivity contribution < 1.29 is 14.4 Å². The van der Waals surface area contributed by atoms with E-state index < -0.39 is 18.1 Å². The van der Waals surface area contributed by atoms with E-state index in [1.165, 1.54) is 11.1 Å². The second-order valence-corrected chi connectivity index (χ2v) is 9.64. The fourth-order valence-corrected chi connectivity index (χ4v) is 5.57. The van der Waals surface area contributed by atoms with E-state index in [9.17, 15) is 14.4 Å². The maximum absolute atomic E-state index is 14.2. The van der Waals surface area contributed by atoms with E-state index in [4.69, 9.17) is 0 Å². The largest absolute Gasteiger partial charge is 0.357 e. The Morgan fingerprint density at radius 1 is 1.18 bits per heavy atom. The van der Waals surface area contributed by atoms with E-state index in [-0.39, 0.29) is 29.6 Å². The predicted molar refractivity (Wildman–Crippen MR) is 130 cm³/mol. The molecule has 2 heterocycles. The Morgan fingerprint density at radius 2 is 1.82 bits per heavy atom. The lowest BCUT2D eigenvalue weighted by Gasteiger charge is -2.46. The van der Waals surface area contributed by atoms with Gasteiger partial charge in [0.15, 0.2) is 0 Å². The number of likely N-dealkylation sites (N-methyl/N-ethyl adjacent to an activating group) is 1. The number of piperazine rings is 1. The van der Waals surface area contributed by atoms with Gasteiger partial charge in [-0.3, -0.25) is 19.4 Å². The number of carbonyl (C=O) groups is 3. The number of hydrogen-bond donors (Lipinski definition) is 2. The lowest BCUT2D eigenvalue weighted by molar-refractivity contribution is -0.159. The maximum atomic E-state index is 14.2. The van der Waals surface area contributed by atoms with Gasteiger partial charge in [-0.1, -0.05) is 44.5 Å². The molecule has 2 N–H and O–H groups in total. The summed E-state index contributed by atoms with van der Waals surface area (Å²) in [6.45, 7) is 7.71. The summed E-state index contributed by atoms with van der Waals surface area (Å²) in [4.78, 5) is 47.1. The first kappa shape index (κ1) is 23.9. The van der Waals surface area contributed by atoms with Crippen molar-refractivity contribution in [2.24, 2.45) is 11.8 Å². The Labute approximate surface area is 201 Å². The van der Waals surface area contributed by atoms with Crippen LogP contribution >= 0.6 is 0 Å². The van der Waals surface area contributed by atoms with Crippen molar-refractivity contribution in [2.45, 2.75) is 65.1 Å². The highest BCUT2D eigenvalue weighted by Crippen LogP contribution is 2.37. The zero-order chi connectivity index (χ0) is 24.6. The summed E-state index contributed by atoms with van der Waals surface area (Å²) in [5.74, 6) is -0.864. The molecule has 7 heteroatoms. The van der Waals surface area contributed by atoms with Crippen LogP contribution < -0.4 is 10.6 Å². The summed E-state index contributed by atoms with van der Waals surface area (Å²) in [5.41, 5.74) is 4.67. The topological polar surface area (TPSA) is 91.4 Å². The SMILES string of the molecule is CC[C@H](C)[C@@H]1C(=O)N[C@H](C2Cc3ccccc3C2)C(=O)N1[C@@H](C(=O)NC)c1c(C)ccnc1C. The van der Waals surface area contributed by atoms with Gasteiger partial charge in [0, 0.05) is 24.5 Å². The molecule has 34 heavy (non-hydrogen) atoms. The predicted octanol–water partition coefficient (Wildman–Crippen LogP) is 2.64. The second-order valence-electron chi connectivity index (χ2n) is 9.64. The summed E-state index contributed by atoms with van der Waals surface area (Å²) in [7, 11) is 1.56. The highest BCUT2D eigenvalue weighted by Gasteiger charge is 2.51. The number of pyridine rings is 1. The Morgan fingerprint density at radius 3 is 2.38 bits per heavy atom.